The van der Waals surface area contributed by atoms with Crippen LogP contribution in [0.15, 0.2) is 0 Å². The SMILES string of the molecule is CN[C@H]1[C@H](O[C@H]2C(O)[C@@H](NC(C)=O)[C@H](O[C@H]3[C@H](O)[C@@H](NC(C)=O)[C@H](O[C@H]4C(O)[C@@H](NC(C)=O)[C@H](O)O[C@@H]4COS(=O)(=O)OI)O[C@@H]3CO)O[C@@H]2CO)O[C@H](CO)[C@@H](O)[C@@H]1O. The number of aliphatic hydroxyl groups excluding tert-OH is 9. The van der Waals surface area contributed by atoms with Gasteiger partial charge in [0.2, 0.25) is 17.7 Å². The summed E-state index contributed by atoms with van der Waals surface area (Å²) in [5.41, 5.74) is 0. The van der Waals surface area contributed by atoms with Crippen molar-refractivity contribution >= 4 is 51.1 Å². The Bertz CT molecular complexity index is 1540. The first-order chi connectivity index (χ1) is 28.2. The molecule has 348 valence electrons. The van der Waals surface area contributed by atoms with Crippen LogP contribution in [-0.4, -0.2) is 228 Å². The van der Waals surface area contributed by atoms with Crippen molar-refractivity contribution in [1.82, 2.24) is 21.3 Å². The van der Waals surface area contributed by atoms with Crippen LogP contribution in [-0.2, 0) is 64.6 Å². The van der Waals surface area contributed by atoms with Gasteiger partial charge in [-0.3, -0.25) is 14.4 Å². The molecule has 2 unspecified atom stereocenters. The molecule has 4 aliphatic heterocycles. The molecule has 0 aromatic carbocycles. The van der Waals surface area contributed by atoms with Crippen molar-refractivity contribution in [3.8, 4) is 0 Å². The Balaban J connectivity index is 1.63. The van der Waals surface area contributed by atoms with E-state index in [-0.39, 0.29) is 0 Å². The first-order valence-electron chi connectivity index (χ1n) is 18.4. The van der Waals surface area contributed by atoms with Gasteiger partial charge in [0.25, 0.3) is 0 Å². The van der Waals surface area contributed by atoms with Crippen LogP contribution in [0.25, 0.3) is 0 Å². The highest BCUT2D eigenvalue weighted by Crippen LogP contribution is 2.34. The Morgan fingerprint density at radius 3 is 1.35 bits per heavy atom. The molecule has 4 rings (SSSR count). The average Bonchev–Trinajstić information content (AvgIpc) is 3.19. The minimum atomic E-state index is -4.63. The van der Waals surface area contributed by atoms with E-state index in [1.807, 2.05) is 0 Å². The standard InChI is InChI=1S/C31H53IN4O23S/c1-9(40)34-16-22(45)27(15(52-28(16)48)8-51-60(49,50)59-32)58-31-19(36-11(3)42)24(47)26(14(7-39)55-31)57-30-18(35-10(2)41)23(46)25(13(6-38)54-30)56-29-17(33-4)21(44)20(43)12(5-37)53-29/h12-31,33,37-39,43-48H,5-8H2,1-4H3,(H,34,40)(H,35,41)(H,36,42)/t12-,13-,14-,15-,16-,17-,18-,19-,20-,21-,22?,23?,24-,25-,26-,27-,28-,29+,30+,31+/m1/s1. The summed E-state index contributed by atoms with van der Waals surface area (Å²) in [5.74, 6) is -2.26. The minimum absolute atomic E-state index is 0.732. The molecule has 29 heteroatoms. The highest BCUT2D eigenvalue weighted by molar-refractivity contribution is 14.1. The van der Waals surface area contributed by atoms with E-state index in [4.69, 9.17) is 37.3 Å². The van der Waals surface area contributed by atoms with Gasteiger partial charge >= 0.3 is 10.4 Å². The van der Waals surface area contributed by atoms with Crippen molar-refractivity contribution in [2.45, 2.75) is 143 Å². The predicted octanol–water partition coefficient (Wildman–Crippen LogP) is -8.45. The predicted molar refractivity (Wildman–Crippen MR) is 198 cm³/mol. The molecule has 4 fully saturated rings. The summed E-state index contributed by atoms with van der Waals surface area (Å²) >= 11 is 1.02. The monoisotopic (exact) mass is 1010 g/mol. The number of nitrogens with one attached hydrogen (secondary N) is 4. The van der Waals surface area contributed by atoms with Crippen LogP contribution in [0.2, 0.25) is 0 Å². The van der Waals surface area contributed by atoms with Crippen LogP contribution in [0.4, 0.5) is 0 Å². The van der Waals surface area contributed by atoms with Crippen molar-refractivity contribution in [3.05, 3.63) is 0 Å². The van der Waals surface area contributed by atoms with Gasteiger partial charge in [-0.05, 0) is 7.05 Å². The Morgan fingerprint density at radius 2 is 0.950 bits per heavy atom. The molecule has 0 aliphatic carbocycles. The van der Waals surface area contributed by atoms with Crippen LogP contribution in [0.3, 0.4) is 0 Å². The van der Waals surface area contributed by atoms with Crippen molar-refractivity contribution in [1.29, 1.82) is 0 Å². The topological polar surface area (TPSA) is 399 Å². The summed E-state index contributed by atoms with van der Waals surface area (Å²) in [6.45, 7) is -0.364. The van der Waals surface area contributed by atoms with Gasteiger partial charge in [0.05, 0.1) is 32.5 Å². The van der Waals surface area contributed by atoms with Crippen LogP contribution in [0.1, 0.15) is 20.8 Å². The molecule has 4 heterocycles. The second-order valence-electron chi connectivity index (χ2n) is 14.2. The smallest absolute Gasteiger partial charge is 0.394 e. The van der Waals surface area contributed by atoms with E-state index in [1.165, 1.54) is 7.05 Å². The Morgan fingerprint density at radius 1 is 0.567 bits per heavy atom. The third-order valence-corrected chi connectivity index (χ3v) is 12.0. The van der Waals surface area contributed by atoms with Crippen molar-refractivity contribution < 1.29 is 109 Å². The van der Waals surface area contributed by atoms with Crippen LogP contribution in [0, 0.1) is 0 Å². The second kappa shape index (κ2) is 22.3. The number of halogens is 1. The number of aliphatic hydroxyl groups is 9. The number of ether oxygens (including phenoxy) is 7. The number of amides is 3. The molecule has 3 amide bonds. The van der Waals surface area contributed by atoms with Gasteiger partial charge in [0.1, 0.15) is 114 Å². The molecule has 60 heavy (non-hydrogen) atoms. The van der Waals surface area contributed by atoms with Crippen LogP contribution in [0.5, 0.6) is 0 Å². The number of likely N-dealkylation sites (N-methyl/N-ethyl adjacent to an activating group) is 1. The maximum absolute atomic E-state index is 12.5. The molecule has 0 spiro atoms. The molecule has 0 aromatic heterocycles. The van der Waals surface area contributed by atoms with Crippen LogP contribution < -0.4 is 21.3 Å². The Hall–Kier alpha value is -1.67. The lowest BCUT2D eigenvalue weighted by atomic mass is 9.93. The fraction of sp³-hybridized carbons (Fsp3) is 0.903. The lowest BCUT2D eigenvalue weighted by Gasteiger charge is -2.51. The Labute approximate surface area is 356 Å². The first kappa shape index (κ1) is 51.0. The molecule has 27 nitrogen and oxygen atoms in total. The van der Waals surface area contributed by atoms with Gasteiger partial charge < -0.3 is 100 Å². The summed E-state index contributed by atoms with van der Waals surface area (Å²) in [6.07, 6.45) is -27.1. The third-order valence-electron chi connectivity index (χ3n) is 10.1. The van der Waals surface area contributed by atoms with E-state index in [0.717, 1.165) is 43.8 Å². The molecule has 0 bridgehead atoms. The summed E-state index contributed by atoms with van der Waals surface area (Å²) < 4.78 is 73.7. The van der Waals surface area contributed by atoms with E-state index < -0.39 is 177 Å². The lowest BCUT2D eigenvalue weighted by molar-refractivity contribution is -0.361. The molecule has 0 saturated carbocycles. The van der Waals surface area contributed by atoms with Crippen LogP contribution >= 0.6 is 23.0 Å². The summed E-state index contributed by atoms with van der Waals surface area (Å²) in [6, 6.07) is -6.01. The number of hydrogen-bond donors (Lipinski definition) is 13. The highest BCUT2D eigenvalue weighted by atomic mass is 127. The van der Waals surface area contributed by atoms with Crippen molar-refractivity contribution in [2.75, 3.05) is 33.5 Å². The van der Waals surface area contributed by atoms with Gasteiger partial charge in [0, 0.05) is 20.8 Å². The molecule has 4 aliphatic rings. The van der Waals surface area contributed by atoms with E-state index in [0.29, 0.717) is 0 Å². The zero-order valence-electron chi connectivity index (χ0n) is 32.4. The molecular formula is C31H53IN4O23S. The van der Waals surface area contributed by atoms with Gasteiger partial charge in [-0.2, -0.15) is 10.9 Å². The number of carbonyl (C=O) groups is 3. The van der Waals surface area contributed by atoms with E-state index in [9.17, 15) is 68.8 Å². The number of carbonyl (C=O) groups excluding carboxylic acids is 3. The largest absolute Gasteiger partial charge is 0.409 e. The number of hydrogen-bond acceptors (Lipinski definition) is 24. The molecule has 0 aromatic rings. The average molecular weight is 1010 g/mol. The third kappa shape index (κ3) is 12.1. The van der Waals surface area contributed by atoms with Crippen molar-refractivity contribution in [3.63, 3.8) is 0 Å². The highest BCUT2D eigenvalue weighted by Gasteiger charge is 2.56. The molecule has 0 radical (unpaired) electrons. The fourth-order valence-corrected chi connectivity index (χ4v) is 7.89. The summed E-state index contributed by atoms with van der Waals surface area (Å²) in [7, 11) is -3.23. The van der Waals surface area contributed by atoms with Gasteiger partial charge in [-0.15, -0.1) is 0 Å². The van der Waals surface area contributed by atoms with E-state index in [2.05, 4.69) is 23.8 Å². The molecule has 20 atom stereocenters. The minimum Gasteiger partial charge on any atom is -0.394 e. The van der Waals surface area contributed by atoms with E-state index in [1.54, 1.807) is 0 Å². The molecule has 4 saturated heterocycles. The Kier molecular flexibility index (Phi) is 18.9. The fourth-order valence-electron chi connectivity index (χ4n) is 7.25. The van der Waals surface area contributed by atoms with Crippen molar-refractivity contribution in [2.24, 2.45) is 0 Å². The zero-order chi connectivity index (χ0) is 44.8. The first-order valence-corrected chi connectivity index (χ1v) is 20.6. The summed E-state index contributed by atoms with van der Waals surface area (Å²) in [5, 5.41) is 107. The number of rotatable bonds is 17. The lowest BCUT2D eigenvalue weighted by Crippen LogP contribution is -2.71. The quantitative estimate of drug-likeness (QED) is 0.0602. The van der Waals surface area contributed by atoms with Gasteiger partial charge in [-0.1, -0.05) is 0 Å². The van der Waals surface area contributed by atoms with E-state index >= 15 is 0 Å². The maximum atomic E-state index is 12.5. The normalized spacial score (nSPS) is 42.6. The summed E-state index contributed by atoms with van der Waals surface area (Å²) in [4.78, 5) is 36.8. The maximum Gasteiger partial charge on any atom is 0.409 e. The second-order valence-corrected chi connectivity index (χ2v) is 16.5. The molecular weight excluding hydrogens is 955 g/mol. The van der Waals surface area contributed by atoms with Gasteiger partial charge in [-0.25, -0.2) is 4.18 Å². The zero-order valence-corrected chi connectivity index (χ0v) is 35.4. The van der Waals surface area contributed by atoms with Gasteiger partial charge in [0.15, 0.2) is 25.2 Å². The molecule has 13 N–H and O–H groups in total.